The van der Waals surface area contributed by atoms with Crippen molar-refractivity contribution in [1.82, 2.24) is 35.5 Å². The monoisotopic (exact) mass is 375 g/mol. The Morgan fingerprint density at radius 1 is 1.14 bits per heavy atom. The highest BCUT2D eigenvalue weighted by Crippen LogP contribution is 2.35. The van der Waals surface area contributed by atoms with Crippen molar-refractivity contribution in [2.75, 3.05) is 13.1 Å². The van der Waals surface area contributed by atoms with Crippen LogP contribution in [-0.4, -0.2) is 48.6 Å². The van der Waals surface area contributed by atoms with E-state index in [1.54, 1.807) is 0 Å². The van der Waals surface area contributed by atoms with E-state index in [4.69, 9.17) is 0 Å². The molecule has 0 unspecified atom stereocenters. The summed E-state index contributed by atoms with van der Waals surface area (Å²) < 4.78 is 0. The Bertz CT molecular complexity index is 1040. The number of aromatic amines is 3. The second-order valence-corrected chi connectivity index (χ2v) is 7.64. The Morgan fingerprint density at radius 3 is 2.75 bits per heavy atom. The SMILES string of the molecule is CCc1c(-c2cn[nH]c2)[nH]c2ccc(C3CCN(Cc4cn[nH]n4)CC3)cc12. The summed E-state index contributed by atoms with van der Waals surface area (Å²) in [5.41, 5.74) is 7.37. The second-order valence-electron chi connectivity index (χ2n) is 7.64. The zero-order chi connectivity index (χ0) is 18.9. The first kappa shape index (κ1) is 17.2. The Hall–Kier alpha value is -2.93. The molecule has 144 valence electrons. The second kappa shape index (κ2) is 7.24. The first-order chi connectivity index (χ1) is 13.8. The van der Waals surface area contributed by atoms with Gasteiger partial charge in [0.1, 0.15) is 0 Å². The number of piperidine rings is 1. The van der Waals surface area contributed by atoms with Gasteiger partial charge in [-0.3, -0.25) is 10.00 Å². The number of nitrogens with one attached hydrogen (secondary N) is 3. The molecular formula is C21H25N7. The minimum atomic E-state index is 0.620. The molecule has 7 nitrogen and oxygen atoms in total. The number of aromatic nitrogens is 6. The zero-order valence-electron chi connectivity index (χ0n) is 16.1. The predicted molar refractivity (Wildman–Crippen MR) is 109 cm³/mol. The van der Waals surface area contributed by atoms with E-state index in [9.17, 15) is 0 Å². The standard InChI is InChI=1S/C21H25N7/c1-2-18-19-9-15(3-4-20(19)25-21(18)16-10-22-23-11-16)14-5-7-28(8-6-14)13-17-12-24-27-26-17/h3-4,9-12,14,25H,2,5-8,13H2,1H3,(H,22,23)(H,24,26,27). The van der Waals surface area contributed by atoms with Crippen molar-refractivity contribution in [3.8, 4) is 11.3 Å². The van der Waals surface area contributed by atoms with E-state index >= 15 is 0 Å². The molecule has 3 aromatic heterocycles. The molecule has 28 heavy (non-hydrogen) atoms. The van der Waals surface area contributed by atoms with Gasteiger partial charge in [-0.05, 0) is 61.5 Å². The summed E-state index contributed by atoms with van der Waals surface area (Å²) in [6.07, 6.45) is 9.02. The van der Waals surface area contributed by atoms with Gasteiger partial charge in [-0.15, -0.1) is 0 Å². The van der Waals surface area contributed by atoms with Crippen molar-refractivity contribution < 1.29 is 0 Å². The lowest BCUT2D eigenvalue weighted by Gasteiger charge is -2.31. The molecule has 0 bridgehead atoms. The highest BCUT2D eigenvalue weighted by Gasteiger charge is 2.22. The number of fused-ring (bicyclic) bond motifs is 1. The molecule has 3 N–H and O–H groups in total. The fraction of sp³-hybridized carbons (Fsp3) is 0.381. The van der Waals surface area contributed by atoms with E-state index in [1.807, 2.05) is 18.6 Å². The number of hydrogen-bond donors (Lipinski definition) is 3. The maximum atomic E-state index is 4.18. The first-order valence-electron chi connectivity index (χ1n) is 10.0. The molecule has 5 rings (SSSR count). The molecule has 0 saturated carbocycles. The maximum Gasteiger partial charge on any atom is 0.0964 e. The predicted octanol–water partition coefficient (Wildman–Crippen LogP) is 3.62. The quantitative estimate of drug-likeness (QED) is 0.497. The van der Waals surface area contributed by atoms with Gasteiger partial charge in [0, 0.05) is 29.2 Å². The third-order valence-corrected chi connectivity index (χ3v) is 5.98. The minimum absolute atomic E-state index is 0.620. The lowest BCUT2D eigenvalue weighted by Crippen LogP contribution is -2.32. The molecule has 0 atom stereocenters. The lowest BCUT2D eigenvalue weighted by atomic mass is 9.88. The Kier molecular flexibility index (Phi) is 4.44. The molecule has 0 amide bonds. The van der Waals surface area contributed by atoms with Crippen molar-refractivity contribution in [1.29, 1.82) is 0 Å². The number of likely N-dealkylation sites (tertiary alicyclic amines) is 1. The van der Waals surface area contributed by atoms with Gasteiger partial charge >= 0.3 is 0 Å². The van der Waals surface area contributed by atoms with E-state index in [0.717, 1.165) is 37.3 Å². The molecule has 0 aliphatic carbocycles. The van der Waals surface area contributed by atoms with Gasteiger partial charge in [-0.2, -0.15) is 20.5 Å². The van der Waals surface area contributed by atoms with Crippen LogP contribution in [0.1, 0.15) is 42.5 Å². The van der Waals surface area contributed by atoms with Gasteiger partial charge in [-0.1, -0.05) is 13.0 Å². The van der Waals surface area contributed by atoms with Gasteiger partial charge in [-0.25, -0.2) is 0 Å². The maximum absolute atomic E-state index is 4.18. The topological polar surface area (TPSA) is 89.3 Å². The molecule has 7 heteroatoms. The highest BCUT2D eigenvalue weighted by molar-refractivity contribution is 5.91. The zero-order valence-corrected chi connectivity index (χ0v) is 16.1. The molecule has 1 saturated heterocycles. The van der Waals surface area contributed by atoms with Gasteiger partial charge in [0.05, 0.1) is 23.8 Å². The van der Waals surface area contributed by atoms with Crippen LogP contribution in [0.2, 0.25) is 0 Å². The molecule has 4 heterocycles. The Morgan fingerprint density at radius 2 is 2.04 bits per heavy atom. The summed E-state index contributed by atoms with van der Waals surface area (Å²) in [6.45, 7) is 5.31. The van der Waals surface area contributed by atoms with Crippen LogP contribution in [0.4, 0.5) is 0 Å². The highest BCUT2D eigenvalue weighted by atomic mass is 15.3. The molecule has 0 radical (unpaired) electrons. The summed E-state index contributed by atoms with van der Waals surface area (Å²) in [7, 11) is 0. The molecule has 1 aliphatic heterocycles. The molecule has 1 aromatic carbocycles. The fourth-order valence-corrected chi connectivity index (χ4v) is 4.48. The van der Waals surface area contributed by atoms with E-state index in [1.165, 1.54) is 40.6 Å². The van der Waals surface area contributed by atoms with Gasteiger partial charge in [0.2, 0.25) is 0 Å². The van der Waals surface area contributed by atoms with E-state index in [0.29, 0.717) is 5.92 Å². The van der Waals surface area contributed by atoms with Crippen molar-refractivity contribution in [2.45, 2.75) is 38.6 Å². The number of rotatable bonds is 5. The van der Waals surface area contributed by atoms with Crippen LogP contribution in [-0.2, 0) is 13.0 Å². The van der Waals surface area contributed by atoms with Crippen LogP contribution in [0.15, 0.2) is 36.8 Å². The molecular weight excluding hydrogens is 350 g/mol. The Labute approximate surface area is 163 Å². The minimum Gasteiger partial charge on any atom is -0.354 e. The molecule has 4 aromatic rings. The average Bonchev–Trinajstić information content (AvgIpc) is 3.48. The van der Waals surface area contributed by atoms with Crippen LogP contribution in [0.3, 0.4) is 0 Å². The van der Waals surface area contributed by atoms with E-state index in [-0.39, 0.29) is 0 Å². The van der Waals surface area contributed by atoms with Crippen LogP contribution in [0, 0.1) is 0 Å². The van der Waals surface area contributed by atoms with Crippen molar-refractivity contribution in [2.24, 2.45) is 0 Å². The molecule has 1 fully saturated rings. The first-order valence-corrected chi connectivity index (χ1v) is 10.0. The van der Waals surface area contributed by atoms with Gasteiger partial charge in [0.25, 0.3) is 0 Å². The smallest absolute Gasteiger partial charge is 0.0964 e. The molecule has 1 aliphatic rings. The number of nitrogens with zero attached hydrogens (tertiary/aromatic N) is 4. The summed E-state index contributed by atoms with van der Waals surface area (Å²) in [5.74, 6) is 0.620. The van der Waals surface area contributed by atoms with Crippen molar-refractivity contribution >= 4 is 10.9 Å². The fourth-order valence-electron chi connectivity index (χ4n) is 4.48. The lowest BCUT2D eigenvalue weighted by molar-refractivity contribution is 0.202. The number of aryl methyl sites for hydroxylation is 1. The number of H-pyrrole nitrogens is 3. The number of hydrogen-bond acceptors (Lipinski definition) is 4. The van der Waals surface area contributed by atoms with E-state index < -0.39 is 0 Å². The third kappa shape index (κ3) is 3.11. The summed E-state index contributed by atoms with van der Waals surface area (Å²) in [6, 6.07) is 6.96. The van der Waals surface area contributed by atoms with Crippen LogP contribution in [0.25, 0.3) is 22.2 Å². The summed E-state index contributed by atoms with van der Waals surface area (Å²) >= 11 is 0. The summed E-state index contributed by atoms with van der Waals surface area (Å²) in [5, 5.41) is 19.2. The van der Waals surface area contributed by atoms with Crippen LogP contribution < -0.4 is 0 Å². The number of benzene rings is 1. The van der Waals surface area contributed by atoms with Crippen molar-refractivity contribution in [3.63, 3.8) is 0 Å². The van der Waals surface area contributed by atoms with Crippen LogP contribution >= 0.6 is 0 Å². The normalized spacial score (nSPS) is 16.2. The summed E-state index contributed by atoms with van der Waals surface area (Å²) in [4.78, 5) is 6.07. The van der Waals surface area contributed by atoms with Crippen LogP contribution in [0.5, 0.6) is 0 Å². The van der Waals surface area contributed by atoms with Gasteiger partial charge < -0.3 is 4.98 Å². The largest absolute Gasteiger partial charge is 0.354 e. The average molecular weight is 375 g/mol. The van der Waals surface area contributed by atoms with Gasteiger partial charge in [0.15, 0.2) is 0 Å². The Balaban J connectivity index is 1.37. The molecule has 0 spiro atoms. The third-order valence-electron chi connectivity index (χ3n) is 5.98. The van der Waals surface area contributed by atoms with E-state index in [2.05, 4.69) is 60.6 Å². The van der Waals surface area contributed by atoms with Crippen molar-refractivity contribution in [3.05, 3.63) is 53.6 Å².